The standard InChI is InChI=1S/C15H23ClN2O3S2/c16-13-4-5-14(22-13)23(19,20)17-12-15(6-2-1-3-7-15)18-8-10-21-11-9-18/h4-5,17H,1-3,6-12H2. The van der Waals surface area contributed by atoms with Gasteiger partial charge in [0.1, 0.15) is 4.21 Å². The van der Waals surface area contributed by atoms with E-state index in [1.807, 2.05) is 0 Å². The van der Waals surface area contributed by atoms with Gasteiger partial charge in [0.25, 0.3) is 0 Å². The summed E-state index contributed by atoms with van der Waals surface area (Å²) in [5, 5.41) is 0. The zero-order chi connectivity index (χ0) is 16.3. The molecule has 1 N–H and O–H groups in total. The Morgan fingerprint density at radius 2 is 1.91 bits per heavy atom. The molecule has 1 aromatic rings. The van der Waals surface area contributed by atoms with Gasteiger partial charge in [0, 0.05) is 25.2 Å². The number of thiophene rings is 1. The Morgan fingerprint density at radius 3 is 2.52 bits per heavy atom. The Balaban J connectivity index is 1.73. The third-order valence-electron chi connectivity index (χ3n) is 4.87. The second kappa shape index (κ2) is 7.37. The van der Waals surface area contributed by atoms with Crippen LogP contribution >= 0.6 is 22.9 Å². The SMILES string of the molecule is O=S(=O)(NCC1(N2CCOCC2)CCCCC1)c1ccc(Cl)s1. The van der Waals surface area contributed by atoms with Crippen molar-refractivity contribution in [3.8, 4) is 0 Å². The molecule has 1 aliphatic heterocycles. The van der Waals surface area contributed by atoms with Gasteiger partial charge in [-0.05, 0) is 25.0 Å². The van der Waals surface area contributed by atoms with E-state index in [4.69, 9.17) is 16.3 Å². The van der Waals surface area contributed by atoms with Crippen molar-refractivity contribution in [3.63, 3.8) is 0 Å². The minimum Gasteiger partial charge on any atom is -0.379 e. The average Bonchev–Trinajstić information content (AvgIpc) is 3.02. The summed E-state index contributed by atoms with van der Waals surface area (Å²) in [6, 6.07) is 3.19. The maximum atomic E-state index is 12.5. The van der Waals surface area contributed by atoms with Crippen LogP contribution in [0.5, 0.6) is 0 Å². The van der Waals surface area contributed by atoms with Gasteiger partial charge < -0.3 is 4.74 Å². The molecule has 1 saturated heterocycles. The normalized spacial score (nSPS) is 23.0. The van der Waals surface area contributed by atoms with E-state index in [2.05, 4.69) is 9.62 Å². The zero-order valence-electron chi connectivity index (χ0n) is 13.1. The van der Waals surface area contributed by atoms with E-state index in [1.165, 1.54) is 6.42 Å². The molecule has 0 aromatic carbocycles. The minimum atomic E-state index is -3.49. The van der Waals surface area contributed by atoms with E-state index in [1.54, 1.807) is 12.1 Å². The summed E-state index contributed by atoms with van der Waals surface area (Å²) >= 11 is 6.97. The number of hydrogen-bond acceptors (Lipinski definition) is 5. The molecular formula is C15H23ClN2O3S2. The fraction of sp³-hybridized carbons (Fsp3) is 0.733. The second-order valence-corrected chi connectivity index (χ2v) is 9.98. The molecule has 0 amide bonds. The van der Waals surface area contributed by atoms with Crippen LogP contribution in [-0.2, 0) is 14.8 Å². The molecule has 0 spiro atoms. The molecule has 0 bridgehead atoms. The van der Waals surface area contributed by atoms with Gasteiger partial charge in [-0.3, -0.25) is 4.90 Å². The predicted octanol–water partition coefficient (Wildman–Crippen LogP) is 2.71. The number of sulfonamides is 1. The molecule has 0 radical (unpaired) electrons. The lowest BCUT2D eigenvalue weighted by Crippen LogP contribution is -2.59. The maximum absolute atomic E-state index is 12.5. The van der Waals surface area contributed by atoms with Crippen molar-refractivity contribution >= 4 is 33.0 Å². The molecule has 2 aliphatic rings. The van der Waals surface area contributed by atoms with Crippen molar-refractivity contribution in [2.75, 3.05) is 32.8 Å². The van der Waals surface area contributed by atoms with Crippen molar-refractivity contribution in [3.05, 3.63) is 16.5 Å². The summed E-state index contributed by atoms with van der Waals surface area (Å²) in [7, 11) is -3.49. The van der Waals surface area contributed by atoms with Crippen molar-refractivity contribution in [2.45, 2.75) is 41.9 Å². The smallest absolute Gasteiger partial charge is 0.250 e. The number of rotatable bonds is 5. The van der Waals surface area contributed by atoms with Gasteiger partial charge in [-0.15, -0.1) is 11.3 Å². The van der Waals surface area contributed by atoms with E-state index in [0.29, 0.717) is 10.9 Å². The number of hydrogen-bond donors (Lipinski definition) is 1. The highest BCUT2D eigenvalue weighted by atomic mass is 35.5. The van der Waals surface area contributed by atoms with E-state index in [9.17, 15) is 8.42 Å². The molecule has 2 heterocycles. The highest BCUT2D eigenvalue weighted by Gasteiger charge is 2.39. The molecule has 0 unspecified atom stereocenters. The topological polar surface area (TPSA) is 58.6 Å². The number of nitrogens with zero attached hydrogens (tertiary/aromatic N) is 1. The molecule has 2 fully saturated rings. The Labute approximate surface area is 147 Å². The first-order valence-electron chi connectivity index (χ1n) is 8.10. The summed E-state index contributed by atoms with van der Waals surface area (Å²) in [5.41, 5.74) is -0.0733. The third kappa shape index (κ3) is 4.08. The highest BCUT2D eigenvalue weighted by Crippen LogP contribution is 2.34. The molecule has 8 heteroatoms. The lowest BCUT2D eigenvalue weighted by Gasteiger charge is -2.48. The van der Waals surface area contributed by atoms with Crippen molar-refractivity contribution in [1.29, 1.82) is 0 Å². The first-order chi connectivity index (χ1) is 11.0. The summed E-state index contributed by atoms with van der Waals surface area (Å²) in [6.07, 6.45) is 5.63. The molecule has 1 aliphatic carbocycles. The quantitative estimate of drug-likeness (QED) is 0.855. The highest BCUT2D eigenvalue weighted by molar-refractivity contribution is 7.91. The number of nitrogens with one attached hydrogen (secondary N) is 1. The van der Waals surface area contributed by atoms with E-state index >= 15 is 0 Å². The molecule has 130 valence electrons. The lowest BCUT2D eigenvalue weighted by atomic mass is 9.80. The average molecular weight is 379 g/mol. The first kappa shape index (κ1) is 17.6. The van der Waals surface area contributed by atoms with Crippen LogP contribution in [0.15, 0.2) is 16.3 Å². The Hall–Kier alpha value is -0.180. The van der Waals surface area contributed by atoms with Crippen molar-refractivity contribution in [1.82, 2.24) is 9.62 Å². The van der Waals surface area contributed by atoms with Gasteiger partial charge in [0.15, 0.2) is 0 Å². The van der Waals surface area contributed by atoms with Crippen LogP contribution in [0.1, 0.15) is 32.1 Å². The van der Waals surface area contributed by atoms with Crippen LogP contribution in [0, 0.1) is 0 Å². The van der Waals surface area contributed by atoms with Crippen LogP contribution in [0.25, 0.3) is 0 Å². The van der Waals surface area contributed by atoms with E-state index < -0.39 is 10.0 Å². The molecule has 5 nitrogen and oxygen atoms in total. The monoisotopic (exact) mass is 378 g/mol. The summed E-state index contributed by atoms with van der Waals surface area (Å²) < 4.78 is 34.1. The number of halogens is 1. The predicted molar refractivity (Wildman–Crippen MR) is 92.7 cm³/mol. The van der Waals surface area contributed by atoms with Crippen LogP contribution in [0.3, 0.4) is 0 Å². The largest absolute Gasteiger partial charge is 0.379 e. The Kier molecular flexibility index (Phi) is 5.65. The minimum absolute atomic E-state index is 0.0733. The van der Waals surface area contributed by atoms with Crippen molar-refractivity contribution in [2.24, 2.45) is 0 Å². The van der Waals surface area contributed by atoms with Crippen LogP contribution < -0.4 is 4.72 Å². The van der Waals surface area contributed by atoms with Gasteiger partial charge in [-0.1, -0.05) is 30.9 Å². The van der Waals surface area contributed by atoms with Gasteiger partial charge in [0.2, 0.25) is 10.0 Å². The fourth-order valence-electron chi connectivity index (χ4n) is 3.59. The number of ether oxygens (including phenoxy) is 1. The molecule has 1 aromatic heterocycles. The first-order valence-corrected chi connectivity index (χ1v) is 10.8. The van der Waals surface area contributed by atoms with Gasteiger partial charge in [-0.25, -0.2) is 13.1 Å². The van der Waals surface area contributed by atoms with Gasteiger partial charge >= 0.3 is 0 Å². The van der Waals surface area contributed by atoms with Crippen LogP contribution in [0.4, 0.5) is 0 Å². The maximum Gasteiger partial charge on any atom is 0.250 e. The van der Waals surface area contributed by atoms with Gasteiger partial charge in [0.05, 0.1) is 17.6 Å². The lowest BCUT2D eigenvalue weighted by molar-refractivity contribution is -0.0348. The van der Waals surface area contributed by atoms with Gasteiger partial charge in [-0.2, -0.15) is 0 Å². The molecule has 3 rings (SSSR count). The Morgan fingerprint density at radius 1 is 1.22 bits per heavy atom. The zero-order valence-corrected chi connectivity index (χ0v) is 15.5. The number of morpholine rings is 1. The van der Waals surface area contributed by atoms with E-state index in [0.717, 1.165) is 63.3 Å². The molecule has 23 heavy (non-hydrogen) atoms. The van der Waals surface area contributed by atoms with Crippen LogP contribution in [0.2, 0.25) is 4.34 Å². The molecule has 0 atom stereocenters. The summed E-state index contributed by atoms with van der Waals surface area (Å²) in [6.45, 7) is 3.69. The second-order valence-electron chi connectivity index (χ2n) is 6.27. The molecular weight excluding hydrogens is 356 g/mol. The Bertz CT molecular complexity index is 620. The fourth-order valence-corrected chi connectivity index (χ4v) is 6.24. The van der Waals surface area contributed by atoms with Crippen molar-refractivity contribution < 1.29 is 13.2 Å². The summed E-state index contributed by atoms with van der Waals surface area (Å²) in [4.78, 5) is 2.43. The van der Waals surface area contributed by atoms with E-state index in [-0.39, 0.29) is 9.75 Å². The summed E-state index contributed by atoms with van der Waals surface area (Å²) in [5.74, 6) is 0. The third-order valence-corrected chi connectivity index (χ3v) is 8.00. The molecule has 1 saturated carbocycles. The van der Waals surface area contributed by atoms with Crippen LogP contribution in [-0.4, -0.2) is 51.7 Å².